The number of piperidine rings is 1. The number of anilines is 1. The molecule has 29 heavy (non-hydrogen) atoms. The summed E-state index contributed by atoms with van der Waals surface area (Å²) in [7, 11) is 0. The van der Waals surface area contributed by atoms with E-state index in [4.69, 9.17) is 16.6 Å². The Morgan fingerprint density at radius 1 is 1.10 bits per heavy atom. The second-order valence-corrected chi connectivity index (χ2v) is 8.23. The van der Waals surface area contributed by atoms with Crippen molar-refractivity contribution in [2.75, 3.05) is 18.0 Å². The molecule has 1 saturated heterocycles. The highest BCUT2D eigenvalue weighted by Crippen LogP contribution is 2.32. The molecule has 1 saturated carbocycles. The lowest BCUT2D eigenvalue weighted by molar-refractivity contribution is -0.125. The molecule has 1 aliphatic heterocycles. The van der Waals surface area contributed by atoms with Gasteiger partial charge in [-0.2, -0.15) is 0 Å². The predicted molar refractivity (Wildman–Crippen MR) is 114 cm³/mol. The zero-order valence-electron chi connectivity index (χ0n) is 16.0. The van der Waals surface area contributed by atoms with Crippen LogP contribution >= 0.6 is 11.6 Å². The van der Waals surface area contributed by atoms with Crippen LogP contribution in [0.5, 0.6) is 0 Å². The van der Waals surface area contributed by atoms with E-state index in [9.17, 15) is 4.79 Å². The van der Waals surface area contributed by atoms with E-state index in [0.29, 0.717) is 11.2 Å². The standard InChI is InChI=1S/C22H22ClN5O/c23-20-12-15(3-8-25-20)19-11-16-13-24-7-4-18(16)21(27-19)28-9-5-14(6-10-28)22(29)26-17-1-2-17/h3-4,7-8,11-14,17H,1-2,5-6,9-10H2,(H,26,29). The quantitative estimate of drug-likeness (QED) is 0.665. The monoisotopic (exact) mass is 407 g/mol. The fourth-order valence-corrected chi connectivity index (χ4v) is 4.10. The van der Waals surface area contributed by atoms with Crippen molar-refractivity contribution in [1.82, 2.24) is 20.3 Å². The van der Waals surface area contributed by atoms with Crippen LogP contribution < -0.4 is 10.2 Å². The van der Waals surface area contributed by atoms with Crippen LogP contribution in [0.25, 0.3) is 22.0 Å². The van der Waals surface area contributed by atoms with E-state index in [-0.39, 0.29) is 11.8 Å². The number of nitrogens with one attached hydrogen (secondary N) is 1. The Morgan fingerprint density at radius 2 is 1.93 bits per heavy atom. The molecule has 0 radical (unpaired) electrons. The van der Waals surface area contributed by atoms with Gasteiger partial charge in [0.25, 0.3) is 0 Å². The number of halogens is 1. The molecule has 1 aliphatic carbocycles. The lowest BCUT2D eigenvalue weighted by atomic mass is 9.95. The minimum atomic E-state index is 0.0990. The first kappa shape index (κ1) is 18.3. The Kier molecular flexibility index (Phi) is 4.79. The van der Waals surface area contributed by atoms with Gasteiger partial charge in [-0.15, -0.1) is 0 Å². The molecule has 3 aromatic rings. The summed E-state index contributed by atoms with van der Waals surface area (Å²) in [6.45, 7) is 1.63. The largest absolute Gasteiger partial charge is 0.356 e. The Labute approximate surface area is 174 Å². The number of hydrogen-bond acceptors (Lipinski definition) is 5. The van der Waals surface area contributed by atoms with Gasteiger partial charge >= 0.3 is 0 Å². The van der Waals surface area contributed by atoms with Gasteiger partial charge in [-0.1, -0.05) is 11.6 Å². The van der Waals surface area contributed by atoms with Crippen molar-refractivity contribution in [2.45, 2.75) is 31.7 Å². The van der Waals surface area contributed by atoms with Crippen LogP contribution in [-0.4, -0.2) is 40.0 Å². The maximum atomic E-state index is 12.4. The third-order valence-electron chi connectivity index (χ3n) is 5.72. The summed E-state index contributed by atoms with van der Waals surface area (Å²) in [6.07, 6.45) is 9.29. The summed E-state index contributed by atoms with van der Waals surface area (Å²) in [6, 6.07) is 8.20. The average Bonchev–Trinajstić information content (AvgIpc) is 3.57. The third kappa shape index (κ3) is 3.90. The average molecular weight is 408 g/mol. The molecule has 0 bridgehead atoms. The number of carbonyl (C=O) groups is 1. The lowest BCUT2D eigenvalue weighted by Gasteiger charge is -2.33. The summed E-state index contributed by atoms with van der Waals surface area (Å²) in [4.78, 5) is 28.0. The number of pyridine rings is 3. The molecule has 6 nitrogen and oxygen atoms in total. The first-order valence-corrected chi connectivity index (χ1v) is 10.5. The fourth-order valence-electron chi connectivity index (χ4n) is 3.93. The van der Waals surface area contributed by atoms with Crippen molar-refractivity contribution in [3.8, 4) is 11.3 Å². The maximum Gasteiger partial charge on any atom is 0.223 e. The van der Waals surface area contributed by atoms with E-state index in [1.807, 2.05) is 30.5 Å². The molecule has 0 aromatic carbocycles. The summed E-state index contributed by atoms with van der Waals surface area (Å²) >= 11 is 6.09. The van der Waals surface area contributed by atoms with Crippen LogP contribution in [0.4, 0.5) is 5.82 Å². The zero-order valence-corrected chi connectivity index (χ0v) is 16.8. The van der Waals surface area contributed by atoms with Crippen molar-refractivity contribution < 1.29 is 4.79 Å². The first-order chi connectivity index (χ1) is 14.2. The van der Waals surface area contributed by atoms with Gasteiger partial charge in [0.2, 0.25) is 5.91 Å². The summed E-state index contributed by atoms with van der Waals surface area (Å²) in [5.41, 5.74) is 1.77. The van der Waals surface area contributed by atoms with Gasteiger partial charge in [-0.25, -0.2) is 9.97 Å². The Morgan fingerprint density at radius 3 is 2.69 bits per heavy atom. The Balaban J connectivity index is 1.44. The predicted octanol–water partition coefficient (Wildman–Crippen LogP) is 3.84. The molecule has 0 unspecified atom stereocenters. The summed E-state index contributed by atoms with van der Waals surface area (Å²) in [5, 5.41) is 5.70. The van der Waals surface area contributed by atoms with Crippen molar-refractivity contribution in [3.05, 3.63) is 48.0 Å². The number of rotatable bonds is 4. The lowest BCUT2D eigenvalue weighted by Crippen LogP contribution is -2.41. The van der Waals surface area contributed by atoms with Crippen LogP contribution in [0.3, 0.4) is 0 Å². The molecule has 4 heterocycles. The topological polar surface area (TPSA) is 71.0 Å². The van der Waals surface area contributed by atoms with E-state index < -0.39 is 0 Å². The second-order valence-electron chi connectivity index (χ2n) is 7.84. The van der Waals surface area contributed by atoms with Crippen molar-refractivity contribution in [3.63, 3.8) is 0 Å². The van der Waals surface area contributed by atoms with E-state index in [1.54, 1.807) is 12.4 Å². The van der Waals surface area contributed by atoms with Crippen LogP contribution in [0, 0.1) is 5.92 Å². The summed E-state index contributed by atoms with van der Waals surface area (Å²) < 4.78 is 0. The molecule has 5 rings (SSSR count). The fraction of sp³-hybridized carbons (Fsp3) is 0.364. The molecule has 2 aliphatic rings. The summed E-state index contributed by atoms with van der Waals surface area (Å²) in [5.74, 6) is 1.25. The molecular formula is C22H22ClN5O. The van der Waals surface area contributed by atoms with E-state index in [2.05, 4.69) is 20.2 Å². The van der Waals surface area contributed by atoms with Crippen LogP contribution in [-0.2, 0) is 4.79 Å². The molecule has 1 amide bonds. The third-order valence-corrected chi connectivity index (χ3v) is 5.93. The molecule has 7 heteroatoms. The molecule has 148 valence electrons. The first-order valence-electron chi connectivity index (χ1n) is 10.1. The molecule has 0 atom stereocenters. The van der Waals surface area contributed by atoms with Gasteiger partial charge in [-0.3, -0.25) is 9.78 Å². The highest BCUT2D eigenvalue weighted by Gasteiger charge is 2.30. The van der Waals surface area contributed by atoms with E-state index >= 15 is 0 Å². The number of hydrogen-bond donors (Lipinski definition) is 1. The highest BCUT2D eigenvalue weighted by atomic mass is 35.5. The number of amides is 1. The van der Waals surface area contributed by atoms with E-state index in [1.165, 1.54) is 0 Å². The van der Waals surface area contributed by atoms with Gasteiger partial charge < -0.3 is 10.2 Å². The normalized spacial score (nSPS) is 17.5. The van der Waals surface area contributed by atoms with Gasteiger partial charge in [0, 0.05) is 60.0 Å². The van der Waals surface area contributed by atoms with Gasteiger partial charge in [-0.05, 0) is 49.9 Å². The van der Waals surface area contributed by atoms with Gasteiger partial charge in [0.05, 0.1) is 5.69 Å². The number of carbonyl (C=O) groups excluding carboxylic acids is 1. The minimum Gasteiger partial charge on any atom is -0.356 e. The molecular weight excluding hydrogens is 386 g/mol. The van der Waals surface area contributed by atoms with Crippen LogP contribution in [0.15, 0.2) is 42.9 Å². The molecule has 1 N–H and O–H groups in total. The van der Waals surface area contributed by atoms with Crippen molar-refractivity contribution >= 4 is 34.1 Å². The zero-order chi connectivity index (χ0) is 19.8. The number of nitrogens with zero attached hydrogens (tertiary/aromatic N) is 4. The van der Waals surface area contributed by atoms with Crippen LogP contribution in [0.2, 0.25) is 5.15 Å². The second kappa shape index (κ2) is 7.59. The number of aromatic nitrogens is 3. The number of fused-ring (bicyclic) bond motifs is 1. The smallest absolute Gasteiger partial charge is 0.223 e. The Hall–Kier alpha value is -2.73. The van der Waals surface area contributed by atoms with Gasteiger partial charge in [0.15, 0.2) is 0 Å². The minimum absolute atomic E-state index is 0.0990. The molecule has 2 fully saturated rings. The SMILES string of the molecule is O=C(NC1CC1)C1CCN(c2nc(-c3ccnc(Cl)c3)cc3cnccc23)CC1. The van der Waals surface area contributed by atoms with Crippen LogP contribution in [0.1, 0.15) is 25.7 Å². The molecule has 0 spiro atoms. The Bertz CT molecular complexity index is 1060. The van der Waals surface area contributed by atoms with Crippen molar-refractivity contribution in [1.29, 1.82) is 0 Å². The maximum absolute atomic E-state index is 12.4. The van der Waals surface area contributed by atoms with Crippen molar-refractivity contribution in [2.24, 2.45) is 5.92 Å². The highest BCUT2D eigenvalue weighted by molar-refractivity contribution is 6.29. The van der Waals surface area contributed by atoms with Gasteiger partial charge in [0.1, 0.15) is 11.0 Å². The molecule has 3 aromatic heterocycles. The van der Waals surface area contributed by atoms with E-state index in [0.717, 1.165) is 66.6 Å².